The van der Waals surface area contributed by atoms with Gasteiger partial charge in [0.2, 0.25) is 5.91 Å². The van der Waals surface area contributed by atoms with Crippen LogP contribution in [0, 0.1) is 15.9 Å². The average Bonchev–Trinajstić information content (AvgIpc) is 2.47. The highest BCUT2D eigenvalue weighted by Gasteiger charge is 2.07. The molecular weight excluding hydrogens is 275 g/mol. The normalized spacial score (nSPS) is 10.1. The second-order valence-electron chi connectivity index (χ2n) is 4.50. The quantitative estimate of drug-likeness (QED) is 0.679. The number of carbonyl (C=O) groups excluding carboxylic acids is 1. The van der Waals surface area contributed by atoms with Crippen LogP contribution in [0.3, 0.4) is 0 Å². The molecule has 0 saturated carbocycles. The number of hydrogen-bond acceptors (Lipinski definition) is 3. The van der Waals surface area contributed by atoms with Crippen LogP contribution in [0.15, 0.2) is 48.5 Å². The number of halogens is 1. The molecule has 0 aliphatic heterocycles. The number of benzene rings is 2. The number of non-ortho nitro benzene ring substituents is 1. The molecule has 1 N–H and O–H groups in total. The molecule has 1 amide bonds. The monoisotopic (exact) mass is 288 g/mol. The second-order valence-corrected chi connectivity index (χ2v) is 4.50. The van der Waals surface area contributed by atoms with Crippen molar-refractivity contribution in [1.82, 2.24) is 5.32 Å². The molecule has 5 nitrogen and oxygen atoms in total. The van der Waals surface area contributed by atoms with E-state index in [1.54, 1.807) is 24.3 Å². The highest BCUT2D eigenvalue weighted by Crippen LogP contribution is 2.12. The largest absolute Gasteiger partial charge is 0.352 e. The minimum Gasteiger partial charge on any atom is -0.352 e. The van der Waals surface area contributed by atoms with Crippen LogP contribution in [-0.4, -0.2) is 10.8 Å². The Morgan fingerprint density at radius 1 is 1.05 bits per heavy atom. The van der Waals surface area contributed by atoms with Crippen molar-refractivity contribution >= 4 is 11.6 Å². The summed E-state index contributed by atoms with van der Waals surface area (Å²) in [4.78, 5) is 21.8. The van der Waals surface area contributed by atoms with E-state index in [-0.39, 0.29) is 23.8 Å². The number of rotatable bonds is 5. The first-order chi connectivity index (χ1) is 10.0. The molecule has 0 atom stereocenters. The predicted octanol–water partition coefficient (Wildman–Crippen LogP) is 2.59. The van der Waals surface area contributed by atoms with E-state index >= 15 is 0 Å². The predicted molar refractivity (Wildman–Crippen MR) is 75.0 cm³/mol. The number of amides is 1. The number of carbonyl (C=O) groups is 1. The van der Waals surface area contributed by atoms with Gasteiger partial charge in [-0.25, -0.2) is 4.39 Å². The first-order valence-corrected chi connectivity index (χ1v) is 6.29. The van der Waals surface area contributed by atoms with Crippen LogP contribution in [0.2, 0.25) is 0 Å². The summed E-state index contributed by atoms with van der Waals surface area (Å²) < 4.78 is 12.7. The molecule has 0 bridgehead atoms. The third-order valence-electron chi connectivity index (χ3n) is 2.91. The summed E-state index contributed by atoms with van der Waals surface area (Å²) in [5, 5.41) is 13.2. The van der Waals surface area contributed by atoms with Gasteiger partial charge in [-0.15, -0.1) is 0 Å². The van der Waals surface area contributed by atoms with Crippen LogP contribution in [0.4, 0.5) is 10.1 Å². The van der Waals surface area contributed by atoms with Gasteiger partial charge in [-0.3, -0.25) is 14.9 Å². The lowest BCUT2D eigenvalue weighted by molar-refractivity contribution is -0.384. The molecule has 0 aliphatic rings. The molecule has 0 unspecified atom stereocenters. The van der Waals surface area contributed by atoms with Crippen LogP contribution in [0.25, 0.3) is 0 Å². The van der Waals surface area contributed by atoms with E-state index in [4.69, 9.17) is 0 Å². The molecule has 2 rings (SSSR count). The molecule has 0 aromatic heterocycles. The first-order valence-electron chi connectivity index (χ1n) is 6.29. The van der Waals surface area contributed by atoms with Crippen LogP contribution in [0.1, 0.15) is 11.1 Å². The molecule has 2 aromatic carbocycles. The van der Waals surface area contributed by atoms with E-state index in [2.05, 4.69) is 5.32 Å². The molecule has 0 heterocycles. The van der Waals surface area contributed by atoms with E-state index in [1.165, 1.54) is 24.3 Å². The van der Waals surface area contributed by atoms with E-state index < -0.39 is 4.92 Å². The van der Waals surface area contributed by atoms with Gasteiger partial charge < -0.3 is 5.32 Å². The maximum absolute atomic E-state index is 12.7. The molecule has 0 radical (unpaired) electrons. The van der Waals surface area contributed by atoms with Crippen molar-refractivity contribution in [2.24, 2.45) is 0 Å². The van der Waals surface area contributed by atoms with Gasteiger partial charge in [-0.05, 0) is 23.3 Å². The number of nitro groups is 1. The second kappa shape index (κ2) is 6.60. The Kier molecular flexibility index (Phi) is 4.61. The first kappa shape index (κ1) is 14.6. The molecule has 0 spiro atoms. The Labute approximate surface area is 120 Å². The van der Waals surface area contributed by atoms with Gasteiger partial charge in [0.25, 0.3) is 5.69 Å². The van der Waals surface area contributed by atoms with Gasteiger partial charge in [-0.2, -0.15) is 0 Å². The Balaban J connectivity index is 1.86. The molecule has 0 fully saturated rings. The molecule has 0 saturated heterocycles. The van der Waals surface area contributed by atoms with E-state index in [9.17, 15) is 19.3 Å². The van der Waals surface area contributed by atoms with Crippen LogP contribution < -0.4 is 5.32 Å². The molecule has 6 heteroatoms. The van der Waals surface area contributed by atoms with Gasteiger partial charge >= 0.3 is 0 Å². The third-order valence-corrected chi connectivity index (χ3v) is 2.91. The van der Waals surface area contributed by atoms with Crippen molar-refractivity contribution in [1.29, 1.82) is 0 Å². The number of nitrogens with one attached hydrogen (secondary N) is 1. The Morgan fingerprint density at radius 3 is 2.19 bits per heavy atom. The van der Waals surface area contributed by atoms with Crippen LogP contribution in [0.5, 0.6) is 0 Å². The van der Waals surface area contributed by atoms with Crippen LogP contribution >= 0.6 is 0 Å². The van der Waals surface area contributed by atoms with Gasteiger partial charge in [0.05, 0.1) is 11.3 Å². The summed E-state index contributed by atoms with van der Waals surface area (Å²) in [5.41, 5.74) is 1.48. The zero-order valence-electron chi connectivity index (χ0n) is 11.1. The lowest BCUT2D eigenvalue weighted by Gasteiger charge is -2.05. The van der Waals surface area contributed by atoms with E-state index in [0.717, 1.165) is 5.56 Å². The lowest BCUT2D eigenvalue weighted by Crippen LogP contribution is -2.24. The summed E-state index contributed by atoms with van der Waals surface area (Å²) in [7, 11) is 0. The minimum absolute atomic E-state index is 0.00882. The zero-order chi connectivity index (χ0) is 15.2. The fraction of sp³-hybridized carbons (Fsp3) is 0.133. The van der Waals surface area contributed by atoms with E-state index in [1.807, 2.05) is 0 Å². The third kappa shape index (κ3) is 4.38. The molecule has 0 aliphatic carbocycles. The van der Waals surface area contributed by atoms with E-state index in [0.29, 0.717) is 12.1 Å². The minimum atomic E-state index is -0.488. The SMILES string of the molecule is O=C(Cc1ccc([N+](=O)[O-])cc1)NCc1ccc(F)cc1. The summed E-state index contributed by atoms with van der Waals surface area (Å²) in [6.07, 6.45) is 0.138. The summed E-state index contributed by atoms with van der Waals surface area (Å²) in [6.45, 7) is 0.312. The molecule has 108 valence electrons. The van der Waals surface area contributed by atoms with Crippen molar-refractivity contribution in [2.45, 2.75) is 13.0 Å². The Hall–Kier alpha value is -2.76. The van der Waals surface area contributed by atoms with Crippen molar-refractivity contribution in [3.8, 4) is 0 Å². The maximum Gasteiger partial charge on any atom is 0.269 e. The Bertz CT molecular complexity index is 639. The molecular formula is C15H13FN2O3. The fourth-order valence-electron chi connectivity index (χ4n) is 1.79. The Morgan fingerprint density at radius 2 is 1.62 bits per heavy atom. The van der Waals surface area contributed by atoms with Gasteiger partial charge in [0, 0.05) is 18.7 Å². The number of hydrogen-bond donors (Lipinski definition) is 1. The highest BCUT2D eigenvalue weighted by atomic mass is 19.1. The number of nitro benzene ring substituents is 1. The van der Waals surface area contributed by atoms with Crippen molar-refractivity contribution in [3.05, 3.63) is 75.6 Å². The van der Waals surface area contributed by atoms with Crippen molar-refractivity contribution in [2.75, 3.05) is 0 Å². The maximum atomic E-state index is 12.7. The highest BCUT2D eigenvalue weighted by molar-refractivity contribution is 5.78. The smallest absolute Gasteiger partial charge is 0.269 e. The lowest BCUT2D eigenvalue weighted by atomic mass is 10.1. The molecule has 21 heavy (non-hydrogen) atoms. The van der Waals surface area contributed by atoms with Crippen molar-refractivity contribution < 1.29 is 14.1 Å². The average molecular weight is 288 g/mol. The zero-order valence-corrected chi connectivity index (χ0v) is 11.1. The standard InChI is InChI=1S/C15H13FN2O3/c16-13-5-1-12(2-6-13)10-17-15(19)9-11-3-7-14(8-4-11)18(20)21/h1-8H,9-10H2,(H,17,19). The van der Waals surface area contributed by atoms with Gasteiger partial charge in [-0.1, -0.05) is 24.3 Å². The number of nitrogens with zero attached hydrogens (tertiary/aromatic N) is 1. The van der Waals surface area contributed by atoms with Crippen molar-refractivity contribution in [3.63, 3.8) is 0 Å². The fourth-order valence-corrected chi connectivity index (χ4v) is 1.79. The topological polar surface area (TPSA) is 72.2 Å². The summed E-state index contributed by atoms with van der Waals surface area (Å²) in [5.74, 6) is -0.524. The van der Waals surface area contributed by atoms with Gasteiger partial charge in [0.15, 0.2) is 0 Å². The van der Waals surface area contributed by atoms with Gasteiger partial charge in [0.1, 0.15) is 5.82 Å². The summed E-state index contributed by atoms with van der Waals surface area (Å²) >= 11 is 0. The summed E-state index contributed by atoms with van der Waals surface area (Å²) in [6, 6.07) is 11.7. The molecule has 2 aromatic rings. The van der Waals surface area contributed by atoms with Crippen LogP contribution in [-0.2, 0) is 17.8 Å².